The average Bonchev–Trinajstić information content (AvgIpc) is 2.42. The maximum Gasteiger partial charge on any atom is 0.325 e. The lowest BCUT2D eigenvalue weighted by molar-refractivity contribution is -0.149. The number of rotatable bonds is 6. The van der Waals surface area contributed by atoms with Gasteiger partial charge in [-0.1, -0.05) is 17.7 Å². The van der Waals surface area contributed by atoms with Gasteiger partial charge in [-0.15, -0.1) is 0 Å². The second-order valence-electron chi connectivity index (χ2n) is 5.71. The van der Waals surface area contributed by atoms with Crippen molar-refractivity contribution in [3.8, 4) is 5.75 Å². The van der Waals surface area contributed by atoms with Gasteiger partial charge < -0.3 is 14.4 Å². The van der Waals surface area contributed by atoms with Crippen molar-refractivity contribution < 1.29 is 19.1 Å². The fraction of sp³-hybridized carbons (Fsp3) is 0.529. The van der Waals surface area contributed by atoms with E-state index in [0.29, 0.717) is 0 Å². The van der Waals surface area contributed by atoms with Crippen LogP contribution in [0.1, 0.15) is 30.5 Å². The molecule has 0 atom stereocenters. The molecule has 0 saturated heterocycles. The van der Waals surface area contributed by atoms with Gasteiger partial charge in [0.05, 0.1) is 7.11 Å². The zero-order chi connectivity index (χ0) is 16.9. The summed E-state index contributed by atoms with van der Waals surface area (Å²) in [5.74, 6) is 0.0465. The predicted octanol–water partition coefficient (Wildman–Crippen LogP) is 2.40. The molecule has 0 fully saturated rings. The van der Waals surface area contributed by atoms with Crippen LogP contribution in [0.2, 0.25) is 0 Å². The van der Waals surface area contributed by atoms with Gasteiger partial charge in [-0.2, -0.15) is 0 Å². The van der Waals surface area contributed by atoms with Gasteiger partial charge in [-0.25, -0.2) is 0 Å². The first-order valence-corrected chi connectivity index (χ1v) is 7.33. The summed E-state index contributed by atoms with van der Waals surface area (Å²) in [5, 5.41) is 0. The van der Waals surface area contributed by atoms with Crippen LogP contribution in [0.4, 0.5) is 0 Å². The average molecular weight is 307 g/mol. The Balaban J connectivity index is 2.77. The van der Waals surface area contributed by atoms with Crippen molar-refractivity contribution in [3.05, 3.63) is 28.8 Å². The van der Waals surface area contributed by atoms with Crippen molar-refractivity contribution in [2.75, 3.05) is 20.3 Å². The molecule has 0 aliphatic carbocycles. The monoisotopic (exact) mass is 307 g/mol. The second kappa shape index (κ2) is 7.82. The van der Waals surface area contributed by atoms with Gasteiger partial charge in [0.2, 0.25) is 0 Å². The summed E-state index contributed by atoms with van der Waals surface area (Å²) in [5.41, 5.74) is 3.15. The van der Waals surface area contributed by atoms with Crippen LogP contribution in [0.15, 0.2) is 12.1 Å². The van der Waals surface area contributed by atoms with E-state index in [2.05, 4.69) is 4.74 Å². The molecule has 0 bridgehead atoms. The number of hydrogen-bond donors (Lipinski definition) is 0. The van der Waals surface area contributed by atoms with Crippen LogP contribution >= 0.6 is 0 Å². The summed E-state index contributed by atoms with van der Waals surface area (Å²) >= 11 is 0. The molecule has 1 aromatic carbocycles. The first-order valence-electron chi connectivity index (χ1n) is 7.33. The van der Waals surface area contributed by atoms with Gasteiger partial charge in [0.25, 0.3) is 5.91 Å². The Kier molecular flexibility index (Phi) is 6.40. The quantitative estimate of drug-likeness (QED) is 0.757. The third-order valence-electron chi connectivity index (χ3n) is 3.42. The van der Waals surface area contributed by atoms with Crippen LogP contribution in [0.25, 0.3) is 0 Å². The van der Waals surface area contributed by atoms with E-state index in [1.54, 1.807) is 0 Å². The Morgan fingerprint density at radius 2 is 1.68 bits per heavy atom. The van der Waals surface area contributed by atoms with E-state index in [-0.39, 0.29) is 25.1 Å². The van der Waals surface area contributed by atoms with Crippen molar-refractivity contribution in [1.29, 1.82) is 0 Å². The molecule has 0 aliphatic heterocycles. The highest BCUT2D eigenvalue weighted by molar-refractivity contribution is 5.83. The SMILES string of the molecule is COC(=O)CN(C(=O)COc1c(C)cc(C)cc1C)C(C)C. The first-order chi connectivity index (χ1) is 10.3. The van der Waals surface area contributed by atoms with Crippen molar-refractivity contribution >= 4 is 11.9 Å². The first kappa shape index (κ1) is 18.0. The number of carbonyl (C=O) groups is 2. The molecule has 0 aromatic heterocycles. The molecule has 0 aliphatic rings. The molecule has 22 heavy (non-hydrogen) atoms. The molecule has 1 amide bonds. The number of hydrogen-bond acceptors (Lipinski definition) is 4. The summed E-state index contributed by atoms with van der Waals surface area (Å²) in [6.45, 7) is 9.46. The molecule has 122 valence electrons. The van der Waals surface area contributed by atoms with E-state index in [9.17, 15) is 9.59 Å². The number of benzene rings is 1. The summed E-state index contributed by atoms with van der Waals surface area (Å²) in [6, 6.07) is 3.93. The van der Waals surface area contributed by atoms with Crippen molar-refractivity contribution in [2.24, 2.45) is 0 Å². The number of amides is 1. The van der Waals surface area contributed by atoms with Crippen LogP contribution in [-0.2, 0) is 14.3 Å². The van der Waals surface area contributed by atoms with E-state index in [1.165, 1.54) is 12.0 Å². The maximum atomic E-state index is 12.3. The maximum absolute atomic E-state index is 12.3. The Morgan fingerprint density at radius 1 is 1.14 bits per heavy atom. The molecule has 5 heteroatoms. The Labute approximate surface area is 132 Å². The third-order valence-corrected chi connectivity index (χ3v) is 3.42. The highest BCUT2D eigenvalue weighted by Crippen LogP contribution is 2.24. The third kappa shape index (κ3) is 4.76. The van der Waals surface area contributed by atoms with Gasteiger partial charge in [0.15, 0.2) is 6.61 Å². The van der Waals surface area contributed by atoms with Crippen LogP contribution < -0.4 is 4.74 Å². The van der Waals surface area contributed by atoms with Gasteiger partial charge in [-0.05, 0) is 45.7 Å². The van der Waals surface area contributed by atoms with Gasteiger partial charge >= 0.3 is 5.97 Å². The molecule has 0 heterocycles. The van der Waals surface area contributed by atoms with Gasteiger partial charge in [0, 0.05) is 6.04 Å². The number of carbonyl (C=O) groups excluding carboxylic acids is 2. The summed E-state index contributed by atoms with van der Waals surface area (Å²) in [7, 11) is 1.31. The van der Waals surface area contributed by atoms with E-state index >= 15 is 0 Å². The summed E-state index contributed by atoms with van der Waals surface area (Å²) < 4.78 is 10.3. The van der Waals surface area contributed by atoms with Crippen molar-refractivity contribution in [1.82, 2.24) is 4.90 Å². The fourth-order valence-corrected chi connectivity index (χ4v) is 2.37. The summed E-state index contributed by atoms with van der Waals surface area (Å²) in [6.07, 6.45) is 0. The standard InChI is InChI=1S/C17H25NO4/c1-11(2)18(9-16(20)21-6)15(19)10-22-17-13(4)7-12(3)8-14(17)5/h7-8,11H,9-10H2,1-6H3. The molecule has 0 N–H and O–H groups in total. The predicted molar refractivity (Wildman–Crippen MR) is 85.0 cm³/mol. The fourth-order valence-electron chi connectivity index (χ4n) is 2.37. The molecule has 1 rings (SSSR count). The molecule has 0 unspecified atom stereocenters. The second-order valence-corrected chi connectivity index (χ2v) is 5.71. The number of esters is 1. The minimum atomic E-state index is -0.440. The zero-order valence-corrected chi connectivity index (χ0v) is 14.2. The molecular weight excluding hydrogens is 282 g/mol. The molecule has 1 aromatic rings. The van der Waals surface area contributed by atoms with Crippen molar-refractivity contribution in [2.45, 2.75) is 40.7 Å². The minimum absolute atomic E-state index is 0.0672. The van der Waals surface area contributed by atoms with E-state index < -0.39 is 5.97 Å². The van der Waals surface area contributed by atoms with E-state index in [4.69, 9.17) is 4.74 Å². The van der Waals surface area contributed by atoms with E-state index in [1.807, 2.05) is 46.8 Å². The highest BCUT2D eigenvalue weighted by atomic mass is 16.5. The minimum Gasteiger partial charge on any atom is -0.483 e. The largest absolute Gasteiger partial charge is 0.483 e. The smallest absolute Gasteiger partial charge is 0.325 e. The number of aryl methyl sites for hydroxylation is 3. The van der Waals surface area contributed by atoms with Crippen LogP contribution in [0.5, 0.6) is 5.75 Å². The van der Waals surface area contributed by atoms with Gasteiger partial charge in [-0.3, -0.25) is 9.59 Å². The molecular formula is C17H25NO4. The van der Waals surface area contributed by atoms with Crippen molar-refractivity contribution in [3.63, 3.8) is 0 Å². The Hall–Kier alpha value is -2.04. The lowest BCUT2D eigenvalue weighted by atomic mass is 10.1. The molecule has 5 nitrogen and oxygen atoms in total. The van der Waals surface area contributed by atoms with E-state index in [0.717, 1.165) is 22.4 Å². The normalized spacial score (nSPS) is 10.5. The van der Waals surface area contributed by atoms with Gasteiger partial charge in [0.1, 0.15) is 12.3 Å². The van der Waals surface area contributed by atoms with Crippen LogP contribution in [-0.4, -0.2) is 43.1 Å². The Bertz CT molecular complexity index is 529. The summed E-state index contributed by atoms with van der Waals surface area (Å²) in [4.78, 5) is 25.1. The lowest BCUT2D eigenvalue weighted by Crippen LogP contribution is -2.43. The Morgan fingerprint density at radius 3 is 2.14 bits per heavy atom. The van der Waals surface area contributed by atoms with Crippen LogP contribution in [0.3, 0.4) is 0 Å². The zero-order valence-electron chi connectivity index (χ0n) is 14.2. The topological polar surface area (TPSA) is 55.8 Å². The number of nitrogens with zero attached hydrogens (tertiary/aromatic N) is 1. The number of ether oxygens (including phenoxy) is 2. The molecule has 0 saturated carbocycles. The molecule has 0 radical (unpaired) electrons. The molecule has 0 spiro atoms. The lowest BCUT2D eigenvalue weighted by Gasteiger charge is -2.25. The number of methoxy groups -OCH3 is 1. The highest BCUT2D eigenvalue weighted by Gasteiger charge is 2.21. The van der Waals surface area contributed by atoms with Crippen LogP contribution in [0, 0.1) is 20.8 Å².